The first-order valence-electron chi connectivity index (χ1n) is 8.59. The van der Waals surface area contributed by atoms with Gasteiger partial charge in [-0.3, -0.25) is 0 Å². The lowest BCUT2D eigenvalue weighted by Gasteiger charge is -2.40. The van der Waals surface area contributed by atoms with Gasteiger partial charge < -0.3 is 18.5 Å². The van der Waals surface area contributed by atoms with Crippen LogP contribution < -0.4 is 0 Å². The number of hydrogen-bond acceptors (Lipinski definition) is 5. The lowest BCUT2D eigenvalue weighted by Crippen LogP contribution is -2.50. The van der Waals surface area contributed by atoms with Crippen LogP contribution in [0, 0.1) is 0 Å². The highest BCUT2D eigenvalue weighted by Gasteiger charge is 2.59. The molecular weight excluding hydrogens is 313 g/mol. The van der Waals surface area contributed by atoms with E-state index in [-0.39, 0.29) is 12.2 Å². The maximum atomic E-state index is 6.49. The Balaban J connectivity index is 2.37. The molecule has 2 unspecified atom stereocenters. The van der Waals surface area contributed by atoms with Crippen molar-refractivity contribution in [2.75, 3.05) is 0 Å². The fraction of sp³-hybridized carbons (Fsp3) is 1.00. The average molecular weight is 347 g/mol. The molecule has 23 heavy (non-hydrogen) atoms. The minimum absolute atomic E-state index is 0.166. The Kier molecular flexibility index (Phi) is 5.26. The maximum absolute atomic E-state index is 6.49. The van der Waals surface area contributed by atoms with Crippen LogP contribution >= 0.6 is 8.53 Å². The predicted molar refractivity (Wildman–Crippen MR) is 93.2 cm³/mol. The smallest absolute Gasteiger partial charge is 0.260 e. The van der Waals surface area contributed by atoms with Crippen LogP contribution in [0.5, 0.6) is 0 Å². The summed E-state index contributed by atoms with van der Waals surface area (Å²) in [5.74, 6) is -0.619. The molecule has 2 aliphatic heterocycles. The van der Waals surface area contributed by atoms with Gasteiger partial charge in [0.15, 0.2) is 5.79 Å². The molecule has 136 valence electrons. The molecule has 0 aliphatic carbocycles. The van der Waals surface area contributed by atoms with Crippen molar-refractivity contribution in [2.45, 2.75) is 111 Å². The third kappa shape index (κ3) is 3.91. The molecule has 0 bridgehead atoms. The molecule has 6 heteroatoms. The quantitative estimate of drug-likeness (QED) is 0.705. The van der Waals surface area contributed by atoms with Crippen LogP contribution in [0.1, 0.15) is 69.2 Å². The van der Waals surface area contributed by atoms with E-state index in [0.717, 1.165) is 0 Å². The molecule has 0 amide bonds. The van der Waals surface area contributed by atoms with Crippen LogP contribution in [0.15, 0.2) is 0 Å². The van der Waals surface area contributed by atoms with Gasteiger partial charge in [-0.25, -0.2) is 4.67 Å². The summed E-state index contributed by atoms with van der Waals surface area (Å²) in [5.41, 5.74) is -0.972. The van der Waals surface area contributed by atoms with Gasteiger partial charge in [0.1, 0.15) is 12.2 Å². The first-order valence-corrected chi connectivity index (χ1v) is 9.72. The summed E-state index contributed by atoms with van der Waals surface area (Å²) in [6.07, 6.45) is -0.331. The lowest BCUT2D eigenvalue weighted by atomic mass is 9.88. The van der Waals surface area contributed by atoms with Gasteiger partial charge in [-0.2, -0.15) is 0 Å². The molecule has 2 atom stereocenters. The van der Waals surface area contributed by atoms with Crippen molar-refractivity contribution in [1.29, 1.82) is 0 Å². The molecule has 2 rings (SSSR count). The second-order valence-corrected chi connectivity index (χ2v) is 9.97. The molecule has 0 aromatic heterocycles. The molecule has 0 saturated carbocycles. The summed E-state index contributed by atoms with van der Waals surface area (Å²) in [4.78, 5) is 0. The normalized spacial score (nSPS) is 35.6. The van der Waals surface area contributed by atoms with E-state index < -0.39 is 25.5 Å². The Hall–Kier alpha value is 0.230. The fourth-order valence-corrected chi connectivity index (χ4v) is 5.36. The summed E-state index contributed by atoms with van der Waals surface area (Å²) in [6, 6.07) is 0.674. The summed E-state index contributed by atoms with van der Waals surface area (Å²) in [7, 11) is -1.20. The van der Waals surface area contributed by atoms with Crippen molar-refractivity contribution in [1.82, 2.24) is 4.67 Å². The van der Waals surface area contributed by atoms with Crippen molar-refractivity contribution in [3.63, 3.8) is 0 Å². The van der Waals surface area contributed by atoms with Gasteiger partial charge in [0.25, 0.3) is 8.53 Å². The molecular formula is C17H34NO4P. The van der Waals surface area contributed by atoms with Gasteiger partial charge in [0, 0.05) is 12.1 Å². The number of hydrogen-bond donors (Lipinski definition) is 0. The monoisotopic (exact) mass is 347 g/mol. The summed E-state index contributed by atoms with van der Waals surface area (Å²) in [6.45, 7) is 20.9. The highest BCUT2D eigenvalue weighted by atomic mass is 31.2. The lowest BCUT2D eigenvalue weighted by molar-refractivity contribution is -0.174. The molecule has 0 aromatic rings. The second-order valence-electron chi connectivity index (χ2n) is 8.67. The van der Waals surface area contributed by atoms with E-state index in [4.69, 9.17) is 18.5 Å². The molecule has 2 heterocycles. The van der Waals surface area contributed by atoms with Gasteiger partial charge in [-0.05, 0) is 69.2 Å². The fourth-order valence-electron chi connectivity index (χ4n) is 3.37. The zero-order chi connectivity index (χ0) is 17.8. The highest BCUT2D eigenvalue weighted by molar-refractivity contribution is 7.44. The number of ether oxygens (including phenoxy) is 2. The first kappa shape index (κ1) is 19.6. The first-order chi connectivity index (χ1) is 10.3. The van der Waals surface area contributed by atoms with Crippen LogP contribution in [0.2, 0.25) is 0 Å². The van der Waals surface area contributed by atoms with Crippen LogP contribution in [0.4, 0.5) is 0 Å². The van der Waals surface area contributed by atoms with Crippen LogP contribution in [0.25, 0.3) is 0 Å². The Labute approximate surface area is 143 Å². The van der Waals surface area contributed by atoms with Crippen molar-refractivity contribution >= 4 is 8.53 Å². The van der Waals surface area contributed by atoms with E-state index in [0.29, 0.717) is 12.1 Å². The molecule has 2 aliphatic rings. The molecule has 2 fully saturated rings. The number of fused-ring (bicyclic) bond motifs is 1. The zero-order valence-corrected chi connectivity index (χ0v) is 17.2. The minimum atomic E-state index is -1.20. The molecule has 0 aromatic carbocycles. The standard InChI is InChI=1S/C17H34NO4P/c1-11(2)18(12(3)4)23-21-15(5,6)13-14(16(7,8)22-23)20-17(9,10)19-13/h11-14H,1-10H3. The molecule has 0 spiro atoms. The Morgan fingerprint density at radius 1 is 0.739 bits per heavy atom. The maximum Gasteiger partial charge on any atom is 0.260 e. The van der Waals surface area contributed by atoms with E-state index in [1.807, 2.05) is 13.8 Å². The SMILES string of the molecule is CC(C)N(C(C)C)P1OC(C)(C)C2OC(C)(C)OC2C(C)(C)O1. The Morgan fingerprint density at radius 3 is 1.39 bits per heavy atom. The van der Waals surface area contributed by atoms with Crippen LogP contribution in [0.3, 0.4) is 0 Å². The summed E-state index contributed by atoms with van der Waals surface area (Å²) >= 11 is 0. The van der Waals surface area contributed by atoms with E-state index in [2.05, 4.69) is 60.1 Å². The van der Waals surface area contributed by atoms with Crippen molar-refractivity contribution in [3.05, 3.63) is 0 Å². The van der Waals surface area contributed by atoms with Crippen molar-refractivity contribution < 1.29 is 18.5 Å². The van der Waals surface area contributed by atoms with Crippen molar-refractivity contribution in [3.8, 4) is 0 Å². The Morgan fingerprint density at radius 2 is 1.09 bits per heavy atom. The third-order valence-electron chi connectivity index (χ3n) is 4.34. The summed E-state index contributed by atoms with van der Waals surface area (Å²) in [5, 5.41) is 0. The van der Waals surface area contributed by atoms with E-state index >= 15 is 0 Å². The molecule has 2 saturated heterocycles. The highest BCUT2D eigenvalue weighted by Crippen LogP contribution is 2.58. The van der Waals surface area contributed by atoms with Gasteiger partial charge in [0.2, 0.25) is 0 Å². The number of rotatable bonds is 3. The third-order valence-corrected chi connectivity index (χ3v) is 6.89. The average Bonchev–Trinajstić information content (AvgIpc) is 2.61. The zero-order valence-electron chi connectivity index (χ0n) is 16.3. The van der Waals surface area contributed by atoms with Crippen LogP contribution in [-0.2, 0) is 18.5 Å². The van der Waals surface area contributed by atoms with Gasteiger partial charge in [0.05, 0.1) is 11.2 Å². The van der Waals surface area contributed by atoms with E-state index in [1.165, 1.54) is 0 Å². The number of nitrogens with zero attached hydrogens (tertiary/aromatic N) is 1. The second kappa shape index (κ2) is 6.19. The van der Waals surface area contributed by atoms with Gasteiger partial charge in [-0.15, -0.1) is 0 Å². The van der Waals surface area contributed by atoms with Crippen molar-refractivity contribution in [2.24, 2.45) is 0 Å². The van der Waals surface area contributed by atoms with Crippen LogP contribution in [-0.4, -0.2) is 46.0 Å². The molecule has 5 nitrogen and oxygen atoms in total. The van der Waals surface area contributed by atoms with E-state index in [1.54, 1.807) is 0 Å². The molecule has 0 N–H and O–H groups in total. The van der Waals surface area contributed by atoms with E-state index in [9.17, 15) is 0 Å². The minimum Gasteiger partial charge on any atom is -0.341 e. The van der Waals surface area contributed by atoms with Gasteiger partial charge in [-0.1, -0.05) is 0 Å². The predicted octanol–water partition coefficient (Wildman–Crippen LogP) is 4.46. The van der Waals surface area contributed by atoms with Gasteiger partial charge >= 0.3 is 0 Å². The molecule has 0 radical (unpaired) electrons. The Bertz CT molecular complexity index is 400. The topological polar surface area (TPSA) is 40.2 Å². The summed E-state index contributed by atoms with van der Waals surface area (Å²) < 4.78 is 27.7. The largest absolute Gasteiger partial charge is 0.341 e.